The topological polar surface area (TPSA) is 48.3 Å². The normalized spacial score (nSPS) is 33.4. The molecule has 21 heavy (non-hydrogen) atoms. The van der Waals surface area contributed by atoms with Crippen molar-refractivity contribution in [1.82, 2.24) is 14.9 Å². The molecule has 0 radical (unpaired) electrons. The number of hydrogen-bond acceptors (Lipinski definition) is 4. The quantitative estimate of drug-likeness (QED) is 0.905. The van der Waals surface area contributed by atoms with Gasteiger partial charge in [0.15, 0.2) is 0 Å². The summed E-state index contributed by atoms with van der Waals surface area (Å²) in [6.07, 6.45) is 10.3. The van der Waals surface area contributed by atoms with Crippen LogP contribution in [0.25, 0.3) is 0 Å². The lowest BCUT2D eigenvalue weighted by Crippen LogP contribution is -2.43. The van der Waals surface area contributed by atoms with E-state index in [1.165, 1.54) is 12.8 Å². The minimum absolute atomic E-state index is 0.0973. The number of nitrogens with zero attached hydrogens (tertiary/aromatic N) is 2. The lowest BCUT2D eigenvalue weighted by molar-refractivity contribution is 0.0548. The van der Waals surface area contributed by atoms with E-state index in [1.54, 1.807) is 0 Å². The molecule has 118 valence electrons. The molecule has 0 spiro atoms. The highest BCUT2D eigenvalue weighted by molar-refractivity contribution is 5.04. The van der Waals surface area contributed by atoms with E-state index >= 15 is 0 Å². The summed E-state index contributed by atoms with van der Waals surface area (Å²) in [6.45, 7) is 3.92. The summed E-state index contributed by atoms with van der Waals surface area (Å²) < 4.78 is 13.6. The van der Waals surface area contributed by atoms with Crippen LogP contribution in [-0.4, -0.2) is 41.5 Å². The standard InChI is InChI=1S/C16H27N3O2/c1-3-19-10-9-17-16(19)15-14(8-11-21-15)18-12-4-6-13(20-2)7-5-12/h9-10,12-15,18H,3-8,11H2,1-2H3/t12?,13?,14-,15-/m0/s1. The molecule has 5 heteroatoms. The van der Waals surface area contributed by atoms with Crippen LogP contribution in [0.2, 0.25) is 0 Å². The van der Waals surface area contributed by atoms with E-state index < -0.39 is 0 Å². The molecule has 2 heterocycles. The number of hydrogen-bond donors (Lipinski definition) is 1. The minimum Gasteiger partial charge on any atom is -0.381 e. The van der Waals surface area contributed by atoms with Crippen LogP contribution in [0.15, 0.2) is 12.4 Å². The molecule has 0 aromatic carbocycles. The first-order valence-corrected chi connectivity index (χ1v) is 8.23. The van der Waals surface area contributed by atoms with Crippen molar-refractivity contribution in [3.8, 4) is 0 Å². The molecule has 5 nitrogen and oxygen atoms in total. The fourth-order valence-corrected chi connectivity index (χ4v) is 3.63. The Labute approximate surface area is 127 Å². The predicted molar refractivity (Wildman–Crippen MR) is 81.2 cm³/mol. The molecule has 1 saturated heterocycles. The van der Waals surface area contributed by atoms with Gasteiger partial charge in [-0.1, -0.05) is 0 Å². The molecule has 2 fully saturated rings. The van der Waals surface area contributed by atoms with Crippen molar-refractivity contribution < 1.29 is 9.47 Å². The maximum Gasteiger partial charge on any atom is 0.139 e. The summed E-state index contributed by atoms with van der Waals surface area (Å²) in [5.74, 6) is 1.07. The van der Waals surface area contributed by atoms with Crippen molar-refractivity contribution in [2.75, 3.05) is 13.7 Å². The molecule has 2 atom stereocenters. The maximum atomic E-state index is 5.97. The number of aromatic nitrogens is 2. The van der Waals surface area contributed by atoms with Crippen molar-refractivity contribution >= 4 is 0 Å². The first-order valence-electron chi connectivity index (χ1n) is 8.23. The summed E-state index contributed by atoms with van der Waals surface area (Å²) in [5, 5.41) is 3.82. The van der Waals surface area contributed by atoms with E-state index in [9.17, 15) is 0 Å². The highest BCUT2D eigenvalue weighted by Gasteiger charge is 2.34. The molecule has 3 rings (SSSR count). The number of aryl methyl sites for hydroxylation is 1. The highest BCUT2D eigenvalue weighted by Crippen LogP contribution is 2.30. The largest absolute Gasteiger partial charge is 0.381 e. The van der Waals surface area contributed by atoms with E-state index in [0.29, 0.717) is 18.2 Å². The van der Waals surface area contributed by atoms with E-state index in [-0.39, 0.29) is 6.10 Å². The average molecular weight is 293 g/mol. The molecule has 1 aliphatic carbocycles. The summed E-state index contributed by atoms with van der Waals surface area (Å²) in [4.78, 5) is 4.52. The van der Waals surface area contributed by atoms with Gasteiger partial charge in [0, 0.05) is 44.7 Å². The minimum atomic E-state index is 0.0973. The third-order valence-corrected chi connectivity index (χ3v) is 4.89. The Morgan fingerprint density at radius 1 is 1.33 bits per heavy atom. The number of rotatable bonds is 5. The van der Waals surface area contributed by atoms with Gasteiger partial charge in [0.25, 0.3) is 0 Å². The van der Waals surface area contributed by atoms with Crippen molar-refractivity contribution in [2.24, 2.45) is 0 Å². The molecule has 1 aromatic heterocycles. The Kier molecular flexibility index (Phi) is 4.93. The molecule has 1 saturated carbocycles. The average Bonchev–Trinajstić information content (AvgIpc) is 3.16. The van der Waals surface area contributed by atoms with Crippen LogP contribution in [0.5, 0.6) is 0 Å². The van der Waals surface area contributed by atoms with Gasteiger partial charge >= 0.3 is 0 Å². The van der Waals surface area contributed by atoms with Gasteiger partial charge in [-0.25, -0.2) is 4.98 Å². The monoisotopic (exact) mass is 293 g/mol. The van der Waals surface area contributed by atoms with Crippen LogP contribution in [0.3, 0.4) is 0 Å². The summed E-state index contributed by atoms with van der Waals surface area (Å²) in [5.41, 5.74) is 0. The van der Waals surface area contributed by atoms with E-state index in [1.807, 2.05) is 19.5 Å². The lowest BCUT2D eigenvalue weighted by Gasteiger charge is -2.31. The summed E-state index contributed by atoms with van der Waals surface area (Å²) in [7, 11) is 1.82. The zero-order valence-corrected chi connectivity index (χ0v) is 13.1. The third-order valence-electron chi connectivity index (χ3n) is 4.89. The molecule has 1 aromatic rings. The van der Waals surface area contributed by atoms with Crippen molar-refractivity contribution in [1.29, 1.82) is 0 Å². The Bertz CT molecular complexity index is 440. The van der Waals surface area contributed by atoms with Gasteiger partial charge in [-0.3, -0.25) is 0 Å². The first kappa shape index (κ1) is 15.0. The number of imidazole rings is 1. The van der Waals surface area contributed by atoms with Crippen molar-refractivity contribution in [3.63, 3.8) is 0 Å². The van der Waals surface area contributed by atoms with E-state index in [0.717, 1.165) is 38.2 Å². The van der Waals surface area contributed by atoms with Gasteiger partial charge in [0.2, 0.25) is 0 Å². The Hall–Kier alpha value is -0.910. The van der Waals surface area contributed by atoms with Crippen LogP contribution in [-0.2, 0) is 16.0 Å². The smallest absolute Gasteiger partial charge is 0.139 e. The molecule has 0 bridgehead atoms. The van der Waals surface area contributed by atoms with Gasteiger partial charge in [-0.2, -0.15) is 0 Å². The van der Waals surface area contributed by atoms with Gasteiger partial charge in [0.05, 0.1) is 6.10 Å². The fraction of sp³-hybridized carbons (Fsp3) is 0.812. The third kappa shape index (κ3) is 3.30. The maximum absolute atomic E-state index is 5.97. The Morgan fingerprint density at radius 2 is 2.14 bits per heavy atom. The molecule has 2 aliphatic rings. The van der Waals surface area contributed by atoms with Gasteiger partial charge in [-0.05, 0) is 39.0 Å². The lowest BCUT2D eigenvalue weighted by atomic mass is 9.92. The van der Waals surface area contributed by atoms with Crippen LogP contribution in [0.1, 0.15) is 51.0 Å². The van der Waals surface area contributed by atoms with E-state index in [2.05, 4.69) is 21.8 Å². The zero-order chi connectivity index (χ0) is 14.7. The SMILES string of the molecule is CCn1ccnc1[C@H]1OCC[C@@H]1NC1CCC(OC)CC1. The first-order chi connectivity index (χ1) is 10.3. The zero-order valence-electron chi connectivity index (χ0n) is 13.1. The second-order valence-electron chi connectivity index (χ2n) is 6.13. The summed E-state index contributed by atoms with van der Waals surface area (Å²) in [6, 6.07) is 0.984. The van der Waals surface area contributed by atoms with Crippen LogP contribution in [0.4, 0.5) is 0 Å². The predicted octanol–water partition coefficient (Wildman–Crippen LogP) is 2.28. The van der Waals surface area contributed by atoms with Crippen LogP contribution >= 0.6 is 0 Å². The van der Waals surface area contributed by atoms with Crippen LogP contribution < -0.4 is 5.32 Å². The number of nitrogens with one attached hydrogen (secondary N) is 1. The van der Waals surface area contributed by atoms with Crippen molar-refractivity contribution in [2.45, 2.75) is 69.9 Å². The second-order valence-corrected chi connectivity index (χ2v) is 6.13. The molecule has 1 aliphatic heterocycles. The number of ether oxygens (including phenoxy) is 2. The Morgan fingerprint density at radius 3 is 2.86 bits per heavy atom. The van der Waals surface area contributed by atoms with Gasteiger partial charge < -0.3 is 19.4 Å². The molecule has 0 unspecified atom stereocenters. The highest BCUT2D eigenvalue weighted by atomic mass is 16.5. The van der Waals surface area contributed by atoms with Gasteiger partial charge in [0.1, 0.15) is 11.9 Å². The molecular weight excluding hydrogens is 266 g/mol. The van der Waals surface area contributed by atoms with Gasteiger partial charge in [-0.15, -0.1) is 0 Å². The fourth-order valence-electron chi connectivity index (χ4n) is 3.63. The molecular formula is C16H27N3O2. The van der Waals surface area contributed by atoms with E-state index in [4.69, 9.17) is 9.47 Å². The van der Waals surface area contributed by atoms with Crippen LogP contribution in [0, 0.1) is 0 Å². The Balaban J connectivity index is 1.60. The number of methoxy groups -OCH3 is 1. The molecule has 0 amide bonds. The van der Waals surface area contributed by atoms with Crippen molar-refractivity contribution in [3.05, 3.63) is 18.2 Å². The second kappa shape index (κ2) is 6.90. The summed E-state index contributed by atoms with van der Waals surface area (Å²) >= 11 is 0. The molecule has 1 N–H and O–H groups in total.